The number of ether oxygens (including phenoxy) is 3. The average molecular weight is 494 g/mol. The van der Waals surface area contributed by atoms with E-state index in [4.69, 9.17) is 24.3 Å². The Bertz CT molecular complexity index is 1250. The quantitative estimate of drug-likeness (QED) is 0.534. The SMILES string of the molecule is COc1ccc(-c2c(C)nc3c(N4CCC(NC(=O)OC5CCCCC5)C4)cc(C)nn23)cc1OC. The Morgan fingerprint density at radius 1 is 1.03 bits per heavy atom. The Kier molecular flexibility index (Phi) is 6.89. The molecule has 9 heteroatoms. The first-order valence-electron chi connectivity index (χ1n) is 12.8. The van der Waals surface area contributed by atoms with Gasteiger partial charge in [-0.15, -0.1) is 0 Å². The van der Waals surface area contributed by atoms with Crippen LogP contribution in [-0.2, 0) is 4.74 Å². The Morgan fingerprint density at radius 2 is 1.81 bits per heavy atom. The van der Waals surface area contributed by atoms with Crippen LogP contribution in [0.5, 0.6) is 11.5 Å². The van der Waals surface area contributed by atoms with E-state index in [2.05, 4.69) is 16.3 Å². The summed E-state index contributed by atoms with van der Waals surface area (Å²) in [7, 11) is 3.26. The van der Waals surface area contributed by atoms with Crippen molar-refractivity contribution in [2.24, 2.45) is 0 Å². The summed E-state index contributed by atoms with van der Waals surface area (Å²) in [5, 5.41) is 7.88. The Labute approximate surface area is 211 Å². The summed E-state index contributed by atoms with van der Waals surface area (Å²) in [5.74, 6) is 1.33. The van der Waals surface area contributed by atoms with E-state index in [0.29, 0.717) is 18.0 Å². The summed E-state index contributed by atoms with van der Waals surface area (Å²) >= 11 is 0. The van der Waals surface area contributed by atoms with Crippen LogP contribution in [0.25, 0.3) is 16.9 Å². The van der Waals surface area contributed by atoms with E-state index >= 15 is 0 Å². The number of hydrogen-bond donors (Lipinski definition) is 1. The first-order valence-corrected chi connectivity index (χ1v) is 12.8. The summed E-state index contributed by atoms with van der Waals surface area (Å²) in [5.41, 5.74) is 5.46. The predicted octanol–water partition coefficient (Wildman–Crippen LogP) is 4.67. The zero-order valence-corrected chi connectivity index (χ0v) is 21.5. The number of imidazole rings is 1. The van der Waals surface area contributed by atoms with Crippen molar-refractivity contribution in [2.45, 2.75) is 64.5 Å². The third-order valence-corrected chi connectivity index (χ3v) is 7.19. The van der Waals surface area contributed by atoms with Crippen LogP contribution in [0.2, 0.25) is 0 Å². The van der Waals surface area contributed by atoms with Crippen molar-refractivity contribution >= 4 is 17.4 Å². The normalized spacial score (nSPS) is 18.4. The summed E-state index contributed by atoms with van der Waals surface area (Å²) < 4.78 is 18.5. The van der Waals surface area contributed by atoms with Crippen molar-refractivity contribution < 1.29 is 19.0 Å². The lowest BCUT2D eigenvalue weighted by atomic mass is 9.98. The number of methoxy groups -OCH3 is 2. The van der Waals surface area contributed by atoms with Crippen LogP contribution >= 0.6 is 0 Å². The maximum absolute atomic E-state index is 12.5. The monoisotopic (exact) mass is 493 g/mol. The molecule has 1 aliphatic heterocycles. The molecule has 2 fully saturated rings. The number of aromatic nitrogens is 3. The van der Waals surface area contributed by atoms with Gasteiger partial charge in [-0.2, -0.15) is 5.10 Å². The molecule has 1 saturated carbocycles. The van der Waals surface area contributed by atoms with Gasteiger partial charge in [-0.1, -0.05) is 6.42 Å². The molecule has 5 rings (SSSR count). The highest BCUT2D eigenvalue weighted by Crippen LogP contribution is 2.35. The summed E-state index contributed by atoms with van der Waals surface area (Å²) in [6.07, 6.45) is 6.08. The number of carbonyl (C=O) groups is 1. The standard InChI is InChI=1S/C27H35N5O4/c1-17-14-22(31-13-12-20(16-31)29-27(33)36-21-8-6-5-7-9-21)26-28-18(2)25(32(26)30-17)19-10-11-23(34-3)24(15-19)35-4/h10-11,14-15,20-21H,5-9,12-13,16H2,1-4H3,(H,29,33). The molecule has 0 spiro atoms. The molecule has 1 saturated heterocycles. The largest absolute Gasteiger partial charge is 0.493 e. The number of aryl methyl sites for hydroxylation is 2. The molecule has 192 valence electrons. The molecule has 1 N–H and O–H groups in total. The van der Waals surface area contributed by atoms with Crippen LogP contribution in [0.15, 0.2) is 24.3 Å². The topological polar surface area (TPSA) is 90.2 Å². The minimum Gasteiger partial charge on any atom is -0.493 e. The zero-order chi connectivity index (χ0) is 25.2. The minimum absolute atomic E-state index is 0.0380. The van der Waals surface area contributed by atoms with E-state index in [1.165, 1.54) is 6.42 Å². The van der Waals surface area contributed by atoms with Gasteiger partial charge in [0.05, 0.1) is 43.0 Å². The molecule has 0 radical (unpaired) electrons. The molecule has 1 atom stereocenters. The minimum atomic E-state index is -0.294. The highest BCUT2D eigenvalue weighted by molar-refractivity contribution is 5.77. The fraction of sp³-hybridized carbons (Fsp3) is 0.519. The van der Waals surface area contributed by atoms with Crippen molar-refractivity contribution in [1.29, 1.82) is 0 Å². The summed E-state index contributed by atoms with van der Waals surface area (Å²) in [6, 6.07) is 7.95. The molecular weight excluding hydrogens is 458 g/mol. The molecule has 9 nitrogen and oxygen atoms in total. The van der Waals surface area contributed by atoms with Crippen LogP contribution in [0.4, 0.5) is 10.5 Å². The maximum Gasteiger partial charge on any atom is 0.407 e. The van der Waals surface area contributed by atoms with Crippen LogP contribution in [0.3, 0.4) is 0 Å². The van der Waals surface area contributed by atoms with Gasteiger partial charge < -0.3 is 24.4 Å². The van der Waals surface area contributed by atoms with Crippen LogP contribution in [0, 0.1) is 13.8 Å². The fourth-order valence-corrected chi connectivity index (χ4v) is 5.41. The lowest BCUT2D eigenvalue weighted by molar-refractivity contribution is 0.0734. The van der Waals surface area contributed by atoms with E-state index in [9.17, 15) is 4.79 Å². The van der Waals surface area contributed by atoms with Crippen molar-refractivity contribution in [3.63, 3.8) is 0 Å². The first kappa shape index (κ1) is 24.2. The second-order valence-corrected chi connectivity index (χ2v) is 9.76. The first-order chi connectivity index (χ1) is 17.5. The summed E-state index contributed by atoms with van der Waals surface area (Å²) in [4.78, 5) is 19.7. The summed E-state index contributed by atoms with van der Waals surface area (Å²) in [6.45, 7) is 5.51. The van der Waals surface area contributed by atoms with Gasteiger partial charge in [0.15, 0.2) is 17.1 Å². The predicted molar refractivity (Wildman–Crippen MR) is 138 cm³/mol. The van der Waals surface area contributed by atoms with Crippen LogP contribution < -0.4 is 19.7 Å². The van der Waals surface area contributed by atoms with E-state index in [0.717, 1.165) is 72.6 Å². The Balaban J connectivity index is 1.38. The molecule has 2 aliphatic rings. The van der Waals surface area contributed by atoms with Gasteiger partial charge in [-0.3, -0.25) is 0 Å². The average Bonchev–Trinajstić information content (AvgIpc) is 3.47. The molecule has 1 unspecified atom stereocenters. The zero-order valence-electron chi connectivity index (χ0n) is 21.5. The third kappa shape index (κ3) is 4.79. The van der Waals surface area contributed by atoms with Crippen LogP contribution in [-0.4, -0.2) is 60.1 Å². The lowest BCUT2D eigenvalue weighted by Gasteiger charge is -2.23. The number of rotatable bonds is 6. The highest BCUT2D eigenvalue weighted by Gasteiger charge is 2.29. The van der Waals surface area contributed by atoms with Crippen molar-refractivity contribution in [3.8, 4) is 22.8 Å². The molecule has 2 aromatic heterocycles. The number of carbonyl (C=O) groups excluding carboxylic acids is 1. The number of hydrogen-bond acceptors (Lipinski definition) is 7. The van der Waals surface area contributed by atoms with Gasteiger partial charge in [-0.05, 0) is 70.2 Å². The number of nitrogens with zero attached hydrogens (tertiary/aromatic N) is 4. The smallest absolute Gasteiger partial charge is 0.407 e. The number of amides is 1. The van der Waals surface area contributed by atoms with Crippen molar-refractivity contribution in [1.82, 2.24) is 19.9 Å². The number of alkyl carbamates (subject to hydrolysis) is 1. The number of nitrogens with one attached hydrogen (secondary N) is 1. The molecular formula is C27H35N5O4. The molecule has 1 aliphatic carbocycles. The number of benzene rings is 1. The van der Waals surface area contributed by atoms with Gasteiger partial charge in [0, 0.05) is 18.7 Å². The van der Waals surface area contributed by atoms with Crippen molar-refractivity contribution in [3.05, 3.63) is 35.7 Å². The maximum atomic E-state index is 12.5. The van der Waals surface area contributed by atoms with Gasteiger partial charge in [0.2, 0.25) is 0 Å². The molecule has 1 amide bonds. The molecule has 3 heterocycles. The van der Waals surface area contributed by atoms with Gasteiger partial charge >= 0.3 is 6.09 Å². The van der Waals surface area contributed by atoms with Gasteiger partial charge in [0.25, 0.3) is 0 Å². The van der Waals surface area contributed by atoms with E-state index in [1.54, 1.807) is 14.2 Å². The second-order valence-electron chi connectivity index (χ2n) is 9.76. The third-order valence-electron chi connectivity index (χ3n) is 7.19. The second kappa shape index (κ2) is 10.2. The highest BCUT2D eigenvalue weighted by atomic mass is 16.6. The molecule has 3 aromatic rings. The van der Waals surface area contributed by atoms with Crippen LogP contribution in [0.1, 0.15) is 49.9 Å². The van der Waals surface area contributed by atoms with Crippen molar-refractivity contribution in [2.75, 3.05) is 32.2 Å². The number of fused-ring (bicyclic) bond motifs is 1. The van der Waals surface area contributed by atoms with E-state index in [-0.39, 0.29) is 18.2 Å². The van der Waals surface area contributed by atoms with E-state index in [1.807, 2.05) is 36.6 Å². The number of anilines is 1. The molecule has 1 aromatic carbocycles. The van der Waals surface area contributed by atoms with Gasteiger partial charge in [0.1, 0.15) is 6.10 Å². The lowest BCUT2D eigenvalue weighted by Crippen LogP contribution is -2.39. The van der Waals surface area contributed by atoms with Gasteiger partial charge in [-0.25, -0.2) is 14.3 Å². The Morgan fingerprint density at radius 3 is 2.56 bits per heavy atom. The molecule has 0 bridgehead atoms. The fourth-order valence-electron chi connectivity index (χ4n) is 5.41. The Hall–Kier alpha value is -3.49. The van der Waals surface area contributed by atoms with E-state index < -0.39 is 0 Å². The molecule has 36 heavy (non-hydrogen) atoms.